The molecule has 1 atom stereocenters. The number of fused-ring (bicyclic) bond motifs is 6. The van der Waals surface area contributed by atoms with E-state index >= 15 is 0 Å². The molecule has 0 fully saturated rings. The molecular formula is C52H36N4. The van der Waals surface area contributed by atoms with Gasteiger partial charge < -0.3 is 14.5 Å². The molecule has 1 N–H and O–H groups in total. The molecule has 0 amide bonds. The fourth-order valence-electron chi connectivity index (χ4n) is 8.53. The number of rotatable bonds is 6. The van der Waals surface area contributed by atoms with Gasteiger partial charge in [-0.05, 0) is 70.8 Å². The second kappa shape index (κ2) is 13.2. The minimum absolute atomic E-state index is 0.362. The standard InChI is InChI=1S/C52H36N4/c1-3-15-35(16-4-1)36-27-29-38(30-28-36)47-34-46(37-17-5-2-6-18-37)53-52(54-47)39-31-40(55-48-23-11-7-19-42(48)43-20-8-12-24-49(43)55)33-41(32-39)56-50-25-13-9-21-44(50)45-22-10-14-26-51(45)56/h1-34,52,54H. The average molecular weight is 717 g/mol. The Morgan fingerprint density at radius 1 is 0.375 bits per heavy atom. The Balaban J connectivity index is 1.14. The molecule has 0 spiro atoms. The van der Waals surface area contributed by atoms with E-state index in [1.165, 1.54) is 54.7 Å². The third-order valence-corrected chi connectivity index (χ3v) is 11.1. The maximum atomic E-state index is 5.47. The molecule has 0 bridgehead atoms. The summed E-state index contributed by atoms with van der Waals surface area (Å²) in [6.45, 7) is 0. The van der Waals surface area contributed by atoms with Crippen LogP contribution in [0.3, 0.4) is 0 Å². The Morgan fingerprint density at radius 2 is 0.768 bits per heavy atom. The molecule has 3 heterocycles. The van der Waals surface area contributed by atoms with Gasteiger partial charge in [0.15, 0.2) is 0 Å². The number of aliphatic imine (C=N–C) groups is 1. The van der Waals surface area contributed by atoms with E-state index in [1.807, 2.05) is 0 Å². The van der Waals surface area contributed by atoms with Gasteiger partial charge in [0.25, 0.3) is 0 Å². The lowest BCUT2D eigenvalue weighted by Crippen LogP contribution is -2.25. The highest BCUT2D eigenvalue weighted by molar-refractivity contribution is 6.13. The van der Waals surface area contributed by atoms with Crippen LogP contribution in [-0.4, -0.2) is 14.8 Å². The Kier molecular flexibility index (Phi) is 7.52. The van der Waals surface area contributed by atoms with Crippen LogP contribution in [0.2, 0.25) is 0 Å². The number of nitrogens with one attached hydrogen (secondary N) is 1. The molecule has 0 saturated carbocycles. The average Bonchev–Trinajstić information content (AvgIpc) is 3.80. The molecule has 1 aliphatic rings. The van der Waals surface area contributed by atoms with E-state index in [0.29, 0.717) is 0 Å². The molecule has 2 aromatic heterocycles. The van der Waals surface area contributed by atoms with E-state index in [-0.39, 0.29) is 6.17 Å². The third-order valence-electron chi connectivity index (χ3n) is 11.1. The van der Waals surface area contributed by atoms with E-state index in [0.717, 1.165) is 39.5 Å². The maximum absolute atomic E-state index is 5.47. The molecule has 0 saturated heterocycles. The van der Waals surface area contributed by atoms with Crippen molar-refractivity contribution < 1.29 is 0 Å². The van der Waals surface area contributed by atoms with Crippen molar-refractivity contribution in [1.82, 2.24) is 14.5 Å². The lowest BCUT2D eigenvalue weighted by molar-refractivity contribution is 0.663. The molecule has 4 nitrogen and oxygen atoms in total. The summed E-state index contributed by atoms with van der Waals surface area (Å²) >= 11 is 0. The zero-order chi connectivity index (χ0) is 37.0. The van der Waals surface area contributed by atoms with Crippen LogP contribution in [0, 0.1) is 0 Å². The van der Waals surface area contributed by atoms with Gasteiger partial charge >= 0.3 is 0 Å². The largest absolute Gasteiger partial charge is 0.360 e. The van der Waals surface area contributed by atoms with Crippen molar-refractivity contribution in [3.8, 4) is 22.5 Å². The van der Waals surface area contributed by atoms with Crippen molar-refractivity contribution in [1.29, 1.82) is 0 Å². The first-order valence-electron chi connectivity index (χ1n) is 19.2. The van der Waals surface area contributed by atoms with Crippen LogP contribution in [0.4, 0.5) is 0 Å². The Labute approximate surface area is 324 Å². The SMILES string of the molecule is C1=C(c2ccc(-c3ccccc3)cc2)NC(c2cc(-n3c4ccccc4c4ccccc43)cc(-n3c4ccccc4c4ccccc43)c2)N=C1c1ccccc1. The van der Waals surface area contributed by atoms with Crippen LogP contribution < -0.4 is 5.32 Å². The number of benzene rings is 8. The Morgan fingerprint density at radius 3 is 1.25 bits per heavy atom. The minimum atomic E-state index is -0.362. The number of para-hydroxylation sites is 4. The van der Waals surface area contributed by atoms with Crippen LogP contribution in [0.1, 0.15) is 22.9 Å². The Hall–Kier alpha value is -7.43. The molecule has 1 unspecified atom stereocenters. The van der Waals surface area contributed by atoms with E-state index in [9.17, 15) is 0 Å². The molecule has 8 aromatic carbocycles. The summed E-state index contributed by atoms with van der Waals surface area (Å²) in [5.74, 6) is 0. The lowest BCUT2D eigenvalue weighted by atomic mass is 9.99. The van der Waals surface area contributed by atoms with Crippen molar-refractivity contribution >= 4 is 55.0 Å². The predicted octanol–water partition coefficient (Wildman–Crippen LogP) is 12.7. The zero-order valence-corrected chi connectivity index (χ0v) is 30.5. The number of hydrogen-bond donors (Lipinski definition) is 1. The number of hydrogen-bond acceptors (Lipinski definition) is 2. The second-order valence-corrected chi connectivity index (χ2v) is 14.5. The van der Waals surface area contributed by atoms with Gasteiger partial charge in [-0.15, -0.1) is 0 Å². The molecule has 264 valence electrons. The summed E-state index contributed by atoms with van der Waals surface area (Å²) in [6, 6.07) is 71.8. The van der Waals surface area contributed by atoms with Gasteiger partial charge in [-0.25, -0.2) is 0 Å². The van der Waals surface area contributed by atoms with Gasteiger partial charge in [0.05, 0.1) is 27.8 Å². The van der Waals surface area contributed by atoms with Crippen LogP contribution in [0.5, 0.6) is 0 Å². The molecule has 1 aliphatic heterocycles. The zero-order valence-electron chi connectivity index (χ0n) is 30.5. The lowest BCUT2D eigenvalue weighted by Gasteiger charge is -2.26. The summed E-state index contributed by atoms with van der Waals surface area (Å²) in [5, 5.41) is 8.82. The predicted molar refractivity (Wildman–Crippen MR) is 234 cm³/mol. The molecule has 4 heteroatoms. The van der Waals surface area contributed by atoms with E-state index in [2.05, 4.69) is 221 Å². The molecular weight excluding hydrogens is 681 g/mol. The van der Waals surface area contributed by atoms with Gasteiger partial charge in [-0.3, -0.25) is 4.99 Å². The van der Waals surface area contributed by atoms with Crippen LogP contribution in [0.25, 0.3) is 71.8 Å². The number of aromatic nitrogens is 2. The minimum Gasteiger partial charge on any atom is -0.360 e. The van der Waals surface area contributed by atoms with Gasteiger partial charge in [-0.2, -0.15) is 0 Å². The van der Waals surface area contributed by atoms with Crippen molar-refractivity contribution in [2.75, 3.05) is 0 Å². The highest BCUT2D eigenvalue weighted by Gasteiger charge is 2.23. The van der Waals surface area contributed by atoms with Crippen molar-refractivity contribution in [2.45, 2.75) is 6.17 Å². The number of nitrogens with zero attached hydrogens (tertiary/aromatic N) is 3. The van der Waals surface area contributed by atoms with Gasteiger partial charge in [0, 0.05) is 44.2 Å². The van der Waals surface area contributed by atoms with Crippen LogP contribution in [0.15, 0.2) is 211 Å². The molecule has 0 aliphatic carbocycles. The summed E-state index contributed by atoms with van der Waals surface area (Å²) < 4.78 is 4.82. The van der Waals surface area contributed by atoms with Gasteiger partial charge in [0.2, 0.25) is 0 Å². The summed E-state index contributed by atoms with van der Waals surface area (Å²) in [4.78, 5) is 5.47. The second-order valence-electron chi connectivity index (χ2n) is 14.5. The van der Waals surface area contributed by atoms with Crippen LogP contribution in [-0.2, 0) is 0 Å². The van der Waals surface area contributed by atoms with Crippen LogP contribution >= 0.6 is 0 Å². The first-order chi connectivity index (χ1) is 27.8. The fourth-order valence-corrected chi connectivity index (χ4v) is 8.53. The van der Waals surface area contributed by atoms with Crippen molar-refractivity contribution in [2.24, 2.45) is 4.99 Å². The summed E-state index contributed by atoms with van der Waals surface area (Å²) in [6.07, 6.45) is 1.83. The summed E-state index contributed by atoms with van der Waals surface area (Å²) in [7, 11) is 0. The molecule has 0 radical (unpaired) electrons. The van der Waals surface area contributed by atoms with Crippen molar-refractivity contribution in [3.05, 3.63) is 223 Å². The fraction of sp³-hybridized carbons (Fsp3) is 0.0192. The van der Waals surface area contributed by atoms with Crippen molar-refractivity contribution in [3.63, 3.8) is 0 Å². The maximum Gasteiger partial charge on any atom is 0.145 e. The van der Waals surface area contributed by atoms with Gasteiger partial charge in [-0.1, -0.05) is 158 Å². The monoisotopic (exact) mass is 716 g/mol. The highest BCUT2D eigenvalue weighted by atomic mass is 15.1. The number of allylic oxidation sites excluding steroid dienone is 1. The first-order valence-corrected chi connectivity index (χ1v) is 19.2. The third kappa shape index (κ3) is 5.34. The van der Waals surface area contributed by atoms with E-state index < -0.39 is 0 Å². The quantitative estimate of drug-likeness (QED) is 0.183. The topological polar surface area (TPSA) is 34.2 Å². The molecule has 11 rings (SSSR count). The molecule has 10 aromatic rings. The van der Waals surface area contributed by atoms with E-state index in [4.69, 9.17) is 4.99 Å². The van der Waals surface area contributed by atoms with Gasteiger partial charge in [0.1, 0.15) is 6.17 Å². The normalized spacial score (nSPS) is 14.2. The smallest absolute Gasteiger partial charge is 0.145 e. The Bertz CT molecular complexity index is 2910. The summed E-state index contributed by atoms with van der Waals surface area (Å²) in [5.41, 5.74) is 14.5. The molecule has 56 heavy (non-hydrogen) atoms. The van der Waals surface area contributed by atoms with E-state index in [1.54, 1.807) is 0 Å². The highest BCUT2D eigenvalue weighted by Crippen LogP contribution is 2.38. The first kappa shape index (κ1) is 32.0.